The van der Waals surface area contributed by atoms with Crippen molar-refractivity contribution in [1.82, 2.24) is 9.13 Å². The molecule has 180 valence electrons. The first-order valence-corrected chi connectivity index (χ1v) is 12.7. The van der Waals surface area contributed by atoms with Gasteiger partial charge in [0.05, 0.1) is 27.5 Å². The molecule has 8 rings (SSSR count). The summed E-state index contributed by atoms with van der Waals surface area (Å²) < 4.78 is 10.4. The average Bonchev–Trinajstić information content (AvgIpc) is 3.46. The zero-order valence-electron chi connectivity index (χ0n) is 20.7. The third kappa shape index (κ3) is 2.88. The van der Waals surface area contributed by atoms with Gasteiger partial charge in [-0.25, -0.2) is 0 Å². The highest BCUT2D eigenvalue weighted by Gasteiger charge is 2.16. The summed E-state index contributed by atoms with van der Waals surface area (Å²) in [5.41, 5.74) is 7.19. The zero-order chi connectivity index (χ0) is 25.4. The van der Waals surface area contributed by atoms with Gasteiger partial charge in [0.25, 0.3) is 0 Å². The summed E-state index contributed by atoms with van der Waals surface area (Å²) in [6.07, 6.45) is 0. The highest BCUT2D eigenvalue weighted by atomic mass is 16.3. The zero-order valence-corrected chi connectivity index (χ0v) is 20.7. The van der Waals surface area contributed by atoms with Crippen LogP contribution in [-0.4, -0.2) is 9.13 Å². The maximum absolute atomic E-state index is 12.8. The lowest BCUT2D eigenvalue weighted by Gasteiger charge is -2.11. The second kappa shape index (κ2) is 7.70. The van der Waals surface area contributed by atoms with Crippen molar-refractivity contribution in [3.63, 3.8) is 0 Å². The largest absolute Gasteiger partial charge is 0.461 e. The molecule has 0 N–H and O–H groups in total. The van der Waals surface area contributed by atoms with Crippen molar-refractivity contribution >= 4 is 54.6 Å². The van der Waals surface area contributed by atoms with Crippen LogP contribution in [0.5, 0.6) is 0 Å². The van der Waals surface area contributed by atoms with Gasteiger partial charge in [0.2, 0.25) is 0 Å². The summed E-state index contributed by atoms with van der Waals surface area (Å²) in [4.78, 5) is 12.8. The van der Waals surface area contributed by atoms with Crippen molar-refractivity contribution in [2.75, 3.05) is 0 Å². The van der Waals surface area contributed by atoms with Gasteiger partial charge in [-0.1, -0.05) is 54.6 Å². The predicted molar refractivity (Wildman–Crippen MR) is 156 cm³/mol. The Kier molecular flexibility index (Phi) is 4.27. The van der Waals surface area contributed by atoms with Gasteiger partial charge in [-0.2, -0.15) is 0 Å². The van der Waals surface area contributed by atoms with E-state index in [-0.39, 0.29) is 5.43 Å². The maximum Gasteiger partial charge on any atom is 0.193 e. The summed E-state index contributed by atoms with van der Waals surface area (Å²) in [6.45, 7) is 1.80. The quantitative estimate of drug-likeness (QED) is 0.245. The van der Waals surface area contributed by atoms with Crippen molar-refractivity contribution in [1.29, 1.82) is 0 Å². The Labute approximate surface area is 217 Å². The fourth-order valence-corrected chi connectivity index (χ4v) is 5.98. The predicted octanol–water partition coefficient (Wildman–Crippen LogP) is 8.30. The summed E-state index contributed by atoms with van der Waals surface area (Å²) in [5.74, 6) is 0.615. The SMILES string of the molecule is Cc1cc(=O)c2cc(-n3c4ccccc4c4cc(-n5c6ccccc6c6ccccc65)ccc43)ccc2o1. The van der Waals surface area contributed by atoms with E-state index in [1.165, 1.54) is 27.2 Å². The molecule has 3 aromatic heterocycles. The summed E-state index contributed by atoms with van der Waals surface area (Å²) >= 11 is 0. The molecular formula is C34H22N2O2. The highest BCUT2D eigenvalue weighted by Crippen LogP contribution is 2.37. The summed E-state index contributed by atoms with van der Waals surface area (Å²) in [7, 11) is 0. The molecule has 0 saturated carbocycles. The van der Waals surface area contributed by atoms with E-state index < -0.39 is 0 Å². The van der Waals surface area contributed by atoms with Gasteiger partial charge in [0, 0.05) is 39.0 Å². The van der Waals surface area contributed by atoms with Gasteiger partial charge in [-0.15, -0.1) is 0 Å². The fraction of sp³-hybridized carbons (Fsp3) is 0.0294. The number of aryl methyl sites for hydroxylation is 1. The van der Waals surface area contributed by atoms with Crippen LogP contribution in [0.4, 0.5) is 0 Å². The van der Waals surface area contributed by atoms with Crippen molar-refractivity contribution < 1.29 is 4.42 Å². The standard InChI is InChI=1S/C34H22N2O2/c1-21-18-33(37)28-20-23(15-17-34(28)38-21)36-31-13-7-4-10-26(31)27-19-22(14-16-32(27)36)35-29-11-5-2-8-24(29)25-9-3-6-12-30(25)35/h2-20H,1H3. The van der Waals surface area contributed by atoms with Gasteiger partial charge < -0.3 is 13.6 Å². The van der Waals surface area contributed by atoms with Crippen LogP contribution in [0.3, 0.4) is 0 Å². The first-order valence-electron chi connectivity index (χ1n) is 12.7. The first-order chi connectivity index (χ1) is 18.7. The lowest BCUT2D eigenvalue weighted by molar-refractivity contribution is 0.564. The van der Waals surface area contributed by atoms with E-state index in [0.29, 0.717) is 16.7 Å². The molecule has 0 radical (unpaired) electrons. The Morgan fingerprint density at radius 2 is 0.974 bits per heavy atom. The number of fused-ring (bicyclic) bond motifs is 7. The second-order valence-corrected chi connectivity index (χ2v) is 9.83. The van der Waals surface area contributed by atoms with Crippen molar-refractivity contribution in [2.45, 2.75) is 6.92 Å². The molecule has 5 aromatic carbocycles. The van der Waals surface area contributed by atoms with Crippen molar-refractivity contribution in [3.8, 4) is 11.4 Å². The van der Waals surface area contributed by atoms with Crippen molar-refractivity contribution in [3.05, 3.63) is 131 Å². The van der Waals surface area contributed by atoms with Crippen LogP contribution in [0.1, 0.15) is 5.76 Å². The van der Waals surface area contributed by atoms with Crippen LogP contribution >= 0.6 is 0 Å². The second-order valence-electron chi connectivity index (χ2n) is 9.83. The molecule has 38 heavy (non-hydrogen) atoms. The third-order valence-corrected chi connectivity index (χ3v) is 7.59. The van der Waals surface area contributed by atoms with Crippen LogP contribution in [0.25, 0.3) is 66.0 Å². The fourth-order valence-electron chi connectivity index (χ4n) is 5.98. The molecule has 0 amide bonds. The van der Waals surface area contributed by atoms with Crippen LogP contribution < -0.4 is 5.43 Å². The molecule has 0 aliphatic rings. The van der Waals surface area contributed by atoms with E-state index in [9.17, 15) is 4.79 Å². The molecule has 8 aromatic rings. The minimum atomic E-state index is -0.0278. The number of hydrogen-bond donors (Lipinski definition) is 0. The monoisotopic (exact) mass is 490 g/mol. The number of nitrogens with zero attached hydrogens (tertiary/aromatic N) is 2. The summed E-state index contributed by atoms with van der Waals surface area (Å²) in [6, 6.07) is 39.7. The minimum Gasteiger partial charge on any atom is -0.461 e. The van der Waals surface area contributed by atoms with Crippen molar-refractivity contribution in [2.24, 2.45) is 0 Å². The lowest BCUT2D eigenvalue weighted by Crippen LogP contribution is -2.02. The first kappa shape index (κ1) is 21.0. The molecule has 0 aliphatic carbocycles. The molecule has 0 bridgehead atoms. The minimum absolute atomic E-state index is 0.0278. The molecular weight excluding hydrogens is 468 g/mol. The molecule has 0 atom stereocenters. The Bertz CT molecular complexity index is 2230. The molecule has 0 saturated heterocycles. The maximum atomic E-state index is 12.8. The molecule has 0 fully saturated rings. The van der Waals surface area contributed by atoms with Gasteiger partial charge in [-0.3, -0.25) is 4.79 Å². The third-order valence-electron chi connectivity index (χ3n) is 7.59. The Morgan fingerprint density at radius 3 is 1.58 bits per heavy atom. The van der Waals surface area contributed by atoms with Gasteiger partial charge in [-0.05, 0) is 61.5 Å². The molecule has 4 nitrogen and oxygen atoms in total. The number of hydrogen-bond acceptors (Lipinski definition) is 2. The normalized spacial score (nSPS) is 11.9. The molecule has 0 unspecified atom stereocenters. The Hall–Kier alpha value is -5.09. The molecule has 4 heteroatoms. The summed E-state index contributed by atoms with van der Waals surface area (Å²) in [5, 5.41) is 5.41. The van der Waals surface area contributed by atoms with Gasteiger partial charge in [0.1, 0.15) is 11.3 Å². The van der Waals surface area contributed by atoms with Gasteiger partial charge in [0.15, 0.2) is 5.43 Å². The van der Waals surface area contributed by atoms with E-state index >= 15 is 0 Å². The van der Waals surface area contributed by atoms with E-state index in [4.69, 9.17) is 4.42 Å². The lowest BCUT2D eigenvalue weighted by atomic mass is 10.1. The van der Waals surface area contributed by atoms with E-state index in [2.05, 4.69) is 100 Å². The van der Waals surface area contributed by atoms with Crippen LogP contribution in [0.15, 0.2) is 124 Å². The average molecular weight is 491 g/mol. The topological polar surface area (TPSA) is 40.1 Å². The van der Waals surface area contributed by atoms with E-state index in [1.807, 2.05) is 18.2 Å². The number of benzene rings is 5. The van der Waals surface area contributed by atoms with Gasteiger partial charge >= 0.3 is 0 Å². The van der Waals surface area contributed by atoms with E-state index in [0.717, 1.165) is 27.8 Å². The Morgan fingerprint density at radius 1 is 0.500 bits per heavy atom. The van der Waals surface area contributed by atoms with Crippen LogP contribution in [0, 0.1) is 6.92 Å². The molecule has 0 aliphatic heterocycles. The highest BCUT2D eigenvalue weighted by molar-refractivity contribution is 6.12. The number of aromatic nitrogens is 2. The van der Waals surface area contributed by atoms with Crippen LogP contribution in [-0.2, 0) is 0 Å². The number of para-hydroxylation sites is 3. The molecule has 0 spiro atoms. The van der Waals surface area contributed by atoms with E-state index in [1.54, 1.807) is 13.0 Å². The molecule has 3 heterocycles. The number of rotatable bonds is 2. The smallest absolute Gasteiger partial charge is 0.193 e. The van der Waals surface area contributed by atoms with Crippen LogP contribution in [0.2, 0.25) is 0 Å². The Balaban J connectivity index is 1.43.